The van der Waals surface area contributed by atoms with E-state index in [1.165, 1.54) is 4.57 Å². The standard InChI is InChI=1S/C22H30N4O15P2/c1-9-3-11-12(4-10(9)2)26(20-17(23-11)21(32)25-22(33)24-20)5-13(27)18(30)15(29)7-39-42(34,35)41-43(36,37)40-8-16-19(31)14(28)6-38-16/h3-4,13-16,18-19,27-31H,5-8H2,1-2H3,(H3,25,32,33,34,35,36,37)/p+1/t13-,14-,15+,16+,18-,19-/m0/s1. The predicted molar refractivity (Wildman–Crippen MR) is 143 cm³/mol. The van der Waals surface area contributed by atoms with E-state index in [0.717, 1.165) is 11.1 Å². The van der Waals surface area contributed by atoms with Crippen LogP contribution in [-0.2, 0) is 33.8 Å². The van der Waals surface area contributed by atoms with Crippen molar-refractivity contribution in [3.63, 3.8) is 0 Å². The Morgan fingerprint density at radius 1 is 1.05 bits per heavy atom. The Hall–Kier alpha value is -2.48. The molecule has 1 fully saturated rings. The largest absolute Gasteiger partial charge is 0.481 e. The summed E-state index contributed by atoms with van der Waals surface area (Å²) in [7, 11) is -10.7. The fourth-order valence-corrected chi connectivity index (χ4v) is 6.37. The summed E-state index contributed by atoms with van der Waals surface area (Å²) in [4.78, 5) is 52.7. The molecule has 0 spiro atoms. The van der Waals surface area contributed by atoms with Crippen LogP contribution in [0.3, 0.4) is 0 Å². The third-order valence-corrected chi connectivity index (χ3v) is 9.31. The number of aliphatic hydroxyl groups excluding tert-OH is 5. The van der Waals surface area contributed by atoms with Gasteiger partial charge in [0.15, 0.2) is 5.52 Å². The number of aryl methyl sites for hydroxylation is 2. The fourth-order valence-electron chi connectivity index (χ4n) is 4.27. The third kappa shape index (κ3) is 7.79. The van der Waals surface area contributed by atoms with E-state index < -0.39 is 83.3 Å². The summed E-state index contributed by atoms with van der Waals surface area (Å²) in [6.07, 6.45) is -9.90. The molecule has 3 heterocycles. The van der Waals surface area contributed by atoms with Gasteiger partial charge in [-0.15, -0.1) is 0 Å². The highest BCUT2D eigenvalue weighted by Crippen LogP contribution is 2.60. The maximum absolute atomic E-state index is 12.4. The summed E-state index contributed by atoms with van der Waals surface area (Å²) in [5, 5.41) is 50.7. The van der Waals surface area contributed by atoms with Gasteiger partial charge in [-0.05, 0) is 37.1 Å². The van der Waals surface area contributed by atoms with Crippen molar-refractivity contribution in [3.05, 3.63) is 44.1 Å². The van der Waals surface area contributed by atoms with E-state index in [2.05, 4.69) is 28.3 Å². The molecule has 2 aromatic heterocycles. The van der Waals surface area contributed by atoms with E-state index in [1.54, 1.807) is 19.1 Å². The number of hydrogen-bond acceptors (Lipinski definition) is 14. The number of ether oxygens (including phenoxy) is 1. The second-order valence-corrected chi connectivity index (χ2v) is 13.0. The van der Waals surface area contributed by atoms with Crippen molar-refractivity contribution in [2.75, 3.05) is 19.8 Å². The van der Waals surface area contributed by atoms with Crippen molar-refractivity contribution in [2.24, 2.45) is 0 Å². The number of phosphoric acid groups is 2. The lowest BCUT2D eigenvalue weighted by Gasteiger charge is -2.24. The average molecular weight is 653 g/mol. The number of hydrogen-bond donors (Lipinski definition) is 9. The van der Waals surface area contributed by atoms with Crippen LogP contribution in [0.1, 0.15) is 11.1 Å². The van der Waals surface area contributed by atoms with Crippen LogP contribution < -0.4 is 15.8 Å². The molecule has 9 N–H and O–H groups in total. The molecule has 1 aliphatic heterocycles. The van der Waals surface area contributed by atoms with Gasteiger partial charge in [0.05, 0.1) is 19.8 Å². The average Bonchev–Trinajstić information content (AvgIpc) is 3.23. The first-order valence-electron chi connectivity index (χ1n) is 12.6. The predicted octanol–water partition coefficient (Wildman–Crippen LogP) is -2.88. The molecule has 8 atom stereocenters. The maximum Gasteiger partial charge on any atom is 0.481 e. The van der Waals surface area contributed by atoms with E-state index in [4.69, 9.17) is 4.74 Å². The smallest absolute Gasteiger partial charge is 0.388 e. The first kappa shape index (κ1) is 33.4. The van der Waals surface area contributed by atoms with Gasteiger partial charge in [-0.2, -0.15) is 9.29 Å². The van der Waals surface area contributed by atoms with Gasteiger partial charge in [0.25, 0.3) is 5.56 Å². The van der Waals surface area contributed by atoms with E-state index in [-0.39, 0.29) is 17.8 Å². The van der Waals surface area contributed by atoms with Gasteiger partial charge in [0, 0.05) is 0 Å². The molecule has 1 saturated heterocycles. The van der Waals surface area contributed by atoms with Crippen LogP contribution in [0.2, 0.25) is 0 Å². The van der Waals surface area contributed by atoms with Gasteiger partial charge in [-0.25, -0.2) is 23.5 Å². The molecular weight excluding hydrogens is 622 g/mol. The van der Waals surface area contributed by atoms with E-state index in [1.807, 2.05) is 6.92 Å². The van der Waals surface area contributed by atoms with Gasteiger partial charge in [-0.3, -0.25) is 18.8 Å². The Morgan fingerprint density at radius 2 is 1.70 bits per heavy atom. The van der Waals surface area contributed by atoms with E-state index in [0.29, 0.717) is 11.0 Å². The molecule has 19 nitrogen and oxygen atoms in total. The number of aromatic amines is 2. The molecule has 238 valence electrons. The zero-order valence-corrected chi connectivity index (χ0v) is 24.4. The minimum absolute atomic E-state index is 0.0986. The summed E-state index contributed by atoms with van der Waals surface area (Å²) in [5.41, 5.74) is 0.336. The summed E-state index contributed by atoms with van der Waals surface area (Å²) < 4.78 is 43.6. The minimum Gasteiger partial charge on any atom is -0.388 e. The second kappa shape index (κ2) is 12.9. The van der Waals surface area contributed by atoms with Crippen LogP contribution in [0.25, 0.3) is 22.2 Å². The van der Waals surface area contributed by atoms with Gasteiger partial charge in [0.1, 0.15) is 48.7 Å². The van der Waals surface area contributed by atoms with Crippen molar-refractivity contribution in [1.82, 2.24) is 15.0 Å². The molecule has 1 aliphatic rings. The molecule has 43 heavy (non-hydrogen) atoms. The van der Waals surface area contributed by atoms with Crippen molar-refractivity contribution in [2.45, 2.75) is 57.0 Å². The topological polar surface area (TPSA) is 295 Å². The number of nitrogens with zero attached hydrogens (tertiary/aromatic N) is 2. The van der Waals surface area contributed by atoms with Crippen LogP contribution >= 0.6 is 15.6 Å². The molecular formula is C22H31N4O15P2+. The molecule has 4 rings (SSSR count). The Morgan fingerprint density at radius 3 is 2.35 bits per heavy atom. The molecule has 0 bridgehead atoms. The molecule has 0 aliphatic carbocycles. The van der Waals surface area contributed by atoms with Crippen LogP contribution in [0.4, 0.5) is 0 Å². The number of aromatic nitrogens is 4. The summed E-state index contributed by atoms with van der Waals surface area (Å²) in [6.45, 7) is 0.819. The van der Waals surface area contributed by atoms with Crippen LogP contribution in [0, 0.1) is 13.8 Å². The van der Waals surface area contributed by atoms with Crippen molar-refractivity contribution >= 4 is 37.8 Å². The molecule has 21 heteroatoms. The highest BCUT2D eigenvalue weighted by molar-refractivity contribution is 7.61. The lowest BCUT2D eigenvalue weighted by atomic mass is 10.1. The molecule has 1 aromatic carbocycles. The number of H-pyrrole nitrogens is 2. The second-order valence-electron chi connectivity index (χ2n) is 9.92. The highest BCUT2D eigenvalue weighted by atomic mass is 31.3. The zero-order chi connectivity index (χ0) is 31.9. The Kier molecular flexibility index (Phi) is 9.99. The monoisotopic (exact) mass is 653 g/mol. The number of rotatable bonds is 12. The van der Waals surface area contributed by atoms with Crippen molar-refractivity contribution in [1.29, 1.82) is 0 Å². The fraction of sp³-hybridized carbons (Fsp3) is 0.545. The Labute approximate surface area is 241 Å². The van der Waals surface area contributed by atoms with Crippen LogP contribution in [0.5, 0.6) is 0 Å². The minimum atomic E-state index is -5.41. The lowest BCUT2D eigenvalue weighted by molar-refractivity contribution is -0.657. The molecule has 2 unspecified atom stereocenters. The van der Waals surface area contributed by atoms with Gasteiger partial charge >= 0.3 is 27.0 Å². The van der Waals surface area contributed by atoms with Crippen molar-refractivity contribution < 1.29 is 67.1 Å². The highest BCUT2D eigenvalue weighted by Gasteiger charge is 2.41. The molecule has 0 radical (unpaired) electrons. The van der Waals surface area contributed by atoms with Gasteiger partial charge in [0.2, 0.25) is 5.52 Å². The quantitative estimate of drug-likeness (QED) is 0.0539. The molecule has 3 aromatic rings. The zero-order valence-electron chi connectivity index (χ0n) is 22.6. The molecule has 0 saturated carbocycles. The van der Waals surface area contributed by atoms with Crippen LogP contribution in [0.15, 0.2) is 21.7 Å². The van der Waals surface area contributed by atoms with E-state index >= 15 is 0 Å². The number of phosphoric ester groups is 2. The Bertz CT molecular complexity index is 1710. The summed E-state index contributed by atoms with van der Waals surface area (Å²) in [6, 6.07) is 3.34. The summed E-state index contributed by atoms with van der Waals surface area (Å²) in [5.74, 6) is 0. The number of aliphatic hydroxyl groups is 5. The number of fused-ring (bicyclic) bond motifs is 2. The maximum atomic E-state index is 12.4. The first-order chi connectivity index (χ1) is 20.0. The number of nitrogens with one attached hydrogen (secondary N) is 2. The van der Waals surface area contributed by atoms with Crippen LogP contribution in [-0.4, -0.2) is 107 Å². The number of benzene rings is 1. The van der Waals surface area contributed by atoms with E-state index in [9.17, 15) is 54.0 Å². The van der Waals surface area contributed by atoms with Gasteiger partial charge in [-0.1, -0.05) is 0 Å². The van der Waals surface area contributed by atoms with Gasteiger partial charge < -0.3 is 40.1 Å². The summed E-state index contributed by atoms with van der Waals surface area (Å²) >= 11 is 0. The molecule has 0 amide bonds. The normalized spacial score (nSPS) is 24.1. The third-order valence-electron chi connectivity index (χ3n) is 6.71. The Balaban J connectivity index is 1.45. The first-order valence-corrected chi connectivity index (χ1v) is 15.6. The lowest BCUT2D eigenvalue weighted by Crippen LogP contribution is -2.51. The van der Waals surface area contributed by atoms with Crippen molar-refractivity contribution in [3.8, 4) is 0 Å². The SMILES string of the molecule is Cc1cc2nc3c(=O)[nH]c(=O)[nH]c3[n+](C[C@H](O)[C@H](O)[C@H](O)COP(=O)(O)OP(=O)(O)OC[C@H]3OC[C@H](O)[C@@H]3O)c2cc1C.